The van der Waals surface area contributed by atoms with E-state index in [1.807, 2.05) is 6.08 Å². The molecule has 0 heterocycles. The molecule has 0 aromatic carbocycles. The monoisotopic (exact) mass is 512 g/mol. The highest BCUT2D eigenvalue weighted by Gasteiger charge is 2.38. The number of amides is 2. The molecule has 0 fully saturated rings. The van der Waals surface area contributed by atoms with Crippen molar-refractivity contribution in [3.8, 4) is 0 Å². The molecule has 0 aromatic rings. The first-order valence-corrected chi connectivity index (χ1v) is 12.4. The Balaban J connectivity index is 1.99. The summed E-state index contributed by atoms with van der Waals surface area (Å²) in [6, 6.07) is 0. The molecule has 0 unspecified atom stereocenters. The minimum absolute atomic E-state index is 0.0864. The zero-order valence-electron chi connectivity index (χ0n) is 21.5. The van der Waals surface area contributed by atoms with Crippen LogP contribution in [0, 0.1) is 5.92 Å². The van der Waals surface area contributed by atoms with Gasteiger partial charge in [0.15, 0.2) is 11.6 Å². The second-order valence-electron chi connectivity index (χ2n) is 9.36. The first-order chi connectivity index (χ1) is 17.5. The molecule has 5 N–H and O–H groups in total. The van der Waals surface area contributed by atoms with Crippen molar-refractivity contribution in [1.82, 2.24) is 10.6 Å². The molecule has 200 valence electrons. The molecule has 2 aliphatic carbocycles. The summed E-state index contributed by atoms with van der Waals surface area (Å²) in [6.45, 7) is 5.91. The fourth-order valence-electron chi connectivity index (χ4n) is 3.65. The third kappa shape index (κ3) is 8.80. The highest BCUT2D eigenvalue weighted by molar-refractivity contribution is 6.04. The quantitative estimate of drug-likeness (QED) is 0.211. The maximum Gasteiger partial charge on any atom is 0.251 e. The molecule has 2 amide bonds. The molecule has 9 heteroatoms. The van der Waals surface area contributed by atoms with Crippen molar-refractivity contribution >= 4 is 23.4 Å². The summed E-state index contributed by atoms with van der Waals surface area (Å²) in [5, 5.41) is 35.6. The zero-order chi connectivity index (χ0) is 27.6. The average molecular weight is 513 g/mol. The minimum Gasteiger partial charge on any atom is -0.510 e. The van der Waals surface area contributed by atoms with E-state index in [0.717, 1.165) is 31.4 Å². The molecule has 37 heavy (non-hydrogen) atoms. The van der Waals surface area contributed by atoms with Crippen LogP contribution in [-0.2, 0) is 19.2 Å². The summed E-state index contributed by atoms with van der Waals surface area (Å²) in [6.07, 6.45) is 12.5. The van der Waals surface area contributed by atoms with Crippen molar-refractivity contribution in [2.75, 3.05) is 0 Å². The highest BCUT2D eigenvalue weighted by Crippen LogP contribution is 2.26. The molecule has 0 bridgehead atoms. The third-order valence-electron chi connectivity index (χ3n) is 6.35. The van der Waals surface area contributed by atoms with Gasteiger partial charge < -0.3 is 26.0 Å². The van der Waals surface area contributed by atoms with E-state index >= 15 is 0 Å². The summed E-state index contributed by atoms with van der Waals surface area (Å²) >= 11 is 0. The lowest BCUT2D eigenvalue weighted by molar-refractivity contribution is -0.125. The van der Waals surface area contributed by atoms with Gasteiger partial charge in [-0.05, 0) is 37.8 Å². The van der Waals surface area contributed by atoms with Gasteiger partial charge >= 0.3 is 0 Å². The molecule has 0 saturated heterocycles. The van der Waals surface area contributed by atoms with Crippen LogP contribution in [0.2, 0.25) is 0 Å². The Morgan fingerprint density at radius 3 is 2.49 bits per heavy atom. The van der Waals surface area contributed by atoms with Gasteiger partial charge in [0, 0.05) is 30.9 Å². The van der Waals surface area contributed by atoms with Crippen LogP contribution in [0.5, 0.6) is 0 Å². The maximum atomic E-state index is 12.5. The van der Waals surface area contributed by atoms with Crippen molar-refractivity contribution in [3.63, 3.8) is 0 Å². The molecule has 2 rings (SSSR count). The molecular formula is C28H36N2O7. The summed E-state index contributed by atoms with van der Waals surface area (Å²) < 4.78 is 0. The van der Waals surface area contributed by atoms with Crippen LogP contribution in [0.1, 0.15) is 59.3 Å². The number of aliphatic hydroxyl groups excluding tert-OH is 2. The van der Waals surface area contributed by atoms with Crippen molar-refractivity contribution in [3.05, 3.63) is 71.3 Å². The molecule has 0 aromatic heterocycles. The predicted octanol–water partition coefficient (Wildman–Crippen LogP) is 2.74. The Morgan fingerprint density at radius 1 is 1.14 bits per heavy atom. The summed E-state index contributed by atoms with van der Waals surface area (Å²) in [4.78, 5) is 48.3. The van der Waals surface area contributed by atoms with Crippen LogP contribution < -0.4 is 10.6 Å². The van der Waals surface area contributed by atoms with Gasteiger partial charge in [-0.15, -0.1) is 0 Å². The van der Waals surface area contributed by atoms with Crippen LogP contribution in [0.4, 0.5) is 0 Å². The number of ketones is 2. The van der Waals surface area contributed by atoms with E-state index in [4.69, 9.17) is 0 Å². The molecule has 0 aliphatic heterocycles. The summed E-state index contributed by atoms with van der Waals surface area (Å²) in [5.74, 6) is -1.44. The first kappa shape index (κ1) is 29.7. The van der Waals surface area contributed by atoms with E-state index < -0.39 is 29.3 Å². The van der Waals surface area contributed by atoms with Gasteiger partial charge in [-0.1, -0.05) is 50.6 Å². The van der Waals surface area contributed by atoms with Crippen molar-refractivity contribution in [2.45, 2.75) is 71.0 Å². The van der Waals surface area contributed by atoms with Crippen LogP contribution in [0.25, 0.3) is 0 Å². The van der Waals surface area contributed by atoms with Crippen LogP contribution in [0.3, 0.4) is 0 Å². The van der Waals surface area contributed by atoms with Crippen LogP contribution in [0.15, 0.2) is 71.3 Å². The summed E-state index contributed by atoms with van der Waals surface area (Å²) in [7, 11) is 0. The number of hydrogen-bond donors (Lipinski definition) is 5. The number of hydrogen-bond acceptors (Lipinski definition) is 7. The van der Waals surface area contributed by atoms with Crippen molar-refractivity contribution < 1.29 is 34.5 Å². The lowest BCUT2D eigenvalue weighted by Gasteiger charge is -2.31. The summed E-state index contributed by atoms with van der Waals surface area (Å²) in [5.41, 5.74) is -1.60. The molecule has 0 spiro atoms. The van der Waals surface area contributed by atoms with Gasteiger partial charge in [0.2, 0.25) is 5.91 Å². The van der Waals surface area contributed by atoms with Gasteiger partial charge in [-0.2, -0.15) is 0 Å². The normalized spacial score (nSPS) is 23.9. The fourth-order valence-corrected chi connectivity index (χ4v) is 3.65. The average Bonchev–Trinajstić information content (AvgIpc) is 3.16. The van der Waals surface area contributed by atoms with Gasteiger partial charge in [-0.3, -0.25) is 19.2 Å². The highest BCUT2D eigenvalue weighted by atomic mass is 16.3. The van der Waals surface area contributed by atoms with E-state index in [2.05, 4.69) is 24.5 Å². The number of Topliss-reactive ketones (excluding diaryl/α,β-unsaturated/α-hetero) is 2. The number of nitrogens with one attached hydrogen (secondary N) is 2. The Labute approximate surface area is 217 Å². The topological polar surface area (TPSA) is 153 Å². The Morgan fingerprint density at radius 2 is 1.84 bits per heavy atom. The molecule has 9 nitrogen and oxygen atoms in total. The number of carbonyl (C=O) groups is 4. The van der Waals surface area contributed by atoms with E-state index in [0.29, 0.717) is 11.5 Å². The second kappa shape index (κ2) is 13.7. The van der Waals surface area contributed by atoms with E-state index in [-0.39, 0.29) is 42.2 Å². The van der Waals surface area contributed by atoms with Gasteiger partial charge in [0.05, 0.1) is 11.8 Å². The van der Waals surface area contributed by atoms with Gasteiger partial charge in [0.25, 0.3) is 5.91 Å². The standard InChI is InChI=1S/C28H36N2O7/c1-4-18(2)10-9-11-19(3)27(36)29-20-17-28(37,24(34)16-23(20)33)15-8-6-5-7-12-25(35)30-26-21(31)13-14-22(26)32/h5-8,11-12,15,17-18,24,31,34,37H,4,9-10,13-14,16H2,1-3H3,(H,29,36)(H,30,35)/b6-5+,12-7+,15-8+,19-11+/t18-,24+,28-/m0/s1. The van der Waals surface area contributed by atoms with E-state index in [9.17, 15) is 34.5 Å². The SMILES string of the molecule is CC[C@H](C)CC/C=C(\C)C(=O)NC1=C[C@@](O)(/C=C/C=C/C=C/C(=O)NC2=C(O)CCC2=O)[C@H](O)CC1=O. The molecular weight excluding hydrogens is 476 g/mol. The Kier molecular flexibility index (Phi) is 11.0. The smallest absolute Gasteiger partial charge is 0.251 e. The second-order valence-corrected chi connectivity index (χ2v) is 9.36. The minimum atomic E-state index is -1.89. The third-order valence-corrected chi connectivity index (χ3v) is 6.35. The van der Waals surface area contributed by atoms with Gasteiger partial charge in [-0.25, -0.2) is 0 Å². The molecule has 0 saturated carbocycles. The van der Waals surface area contributed by atoms with Crippen LogP contribution >= 0.6 is 0 Å². The first-order valence-electron chi connectivity index (χ1n) is 12.4. The zero-order valence-corrected chi connectivity index (χ0v) is 21.5. The molecule has 0 radical (unpaired) electrons. The van der Waals surface area contributed by atoms with Gasteiger partial charge in [0.1, 0.15) is 17.1 Å². The number of rotatable bonds is 11. The predicted molar refractivity (Wildman–Crippen MR) is 139 cm³/mol. The lowest BCUT2D eigenvalue weighted by Crippen LogP contribution is -2.46. The van der Waals surface area contributed by atoms with E-state index in [1.165, 1.54) is 30.4 Å². The van der Waals surface area contributed by atoms with E-state index in [1.54, 1.807) is 6.92 Å². The molecule has 2 aliphatic rings. The lowest BCUT2D eigenvalue weighted by atomic mass is 9.85. The Hall–Kier alpha value is -3.56. The fraction of sp³-hybridized carbons (Fsp3) is 0.429. The van der Waals surface area contributed by atoms with Crippen molar-refractivity contribution in [2.24, 2.45) is 5.92 Å². The van der Waals surface area contributed by atoms with Crippen LogP contribution in [-0.4, -0.2) is 50.4 Å². The number of carbonyl (C=O) groups excluding carboxylic acids is 4. The largest absolute Gasteiger partial charge is 0.510 e. The number of aliphatic hydroxyl groups is 3. The Bertz CT molecular complexity index is 1090. The maximum absolute atomic E-state index is 12.5. The number of allylic oxidation sites excluding steroid dienone is 8. The molecule has 3 atom stereocenters. The van der Waals surface area contributed by atoms with Crippen molar-refractivity contribution in [1.29, 1.82) is 0 Å².